The number of carbonyl (C=O) groups excluding carboxylic acids is 1. The molecule has 3 fully saturated rings. The highest BCUT2D eigenvalue weighted by Gasteiger charge is 2.61. The maximum atomic E-state index is 14.3. The highest BCUT2D eigenvalue weighted by molar-refractivity contribution is 7.90. The Morgan fingerprint density at radius 3 is 2.45 bits per heavy atom. The van der Waals surface area contributed by atoms with Crippen LogP contribution in [0.25, 0.3) is 11.2 Å². The number of hydrogen-bond donors (Lipinski definition) is 2. The Bertz CT molecular complexity index is 1640. The molecule has 3 aliphatic rings. The maximum Gasteiger partial charge on any atom is 0.295 e. The first kappa shape index (κ1) is 28.8. The number of nitrogens with zero attached hydrogens (tertiary/aromatic N) is 3. The SMILES string of the molecule is CS(=O)(=O)c1cc([C@@H]2CCCO2)ccc1Nc1cc(NC(=O)C2CC2(F)F)nc2c1nc(C(F)F)n2C1CCCCO1. The molecule has 10 nitrogen and oxygen atoms in total. The van der Waals surface area contributed by atoms with Crippen molar-refractivity contribution in [2.45, 2.75) is 68.1 Å². The van der Waals surface area contributed by atoms with Crippen LogP contribution in [-0.2, 0) is 24.1 Å². The number of pyridine rings is 1. The molecule has 2 saturated heterocycles. The van der Waals surface area contributed by atoms with Gasteiger partial charge in [-0.05, 0) is 49.8 Å². The van der Waals surface area contributed by atoms with Crippen molar-refractivity contribution in [3.63, 3.8) is 0 Å². The summed E-state index contributed by atoms with van der Waals surface area (Å²) < 4.78 is 94.0. The van der Waals surface area contributed by atoms with Crippen LogP contribution in [0.5, 0.6) is 0 Å². The molecule has 2 aromatic heterocycles. The quantitative estimate of drug-likeness (QED) is 0.313. The van der Waals surface area contributed by atoms with Gasteiger partial charge in [-0.25, -0.2) is 35.9 Å². The summed E-state index contributed by atoms with van der Waals surface area (Å²) in [6.45, 7) is 0.898. The summed E-state index contributed by atoms with van der Waals surface area (Å²) in [5.74, 6) is -6.44. The second-order valence-corrected chi connectivity index (χ2v) is 12.8. The number of aromatic nitrogens is 3. The van der Waals surface area contributed by atoms with E-state index in [1.807, 2.05) is 0 Å². The zero-order valence-corrected chi connectivity index (χ0v) is 23.4. The van der Waals surface area contributed by atoms with Gasteiger partial charge in [0.15, 0.2) is 21.3 Å². The second kappa shape index (κ2) is 10.8. The van der Waals surface area contributed by atoms with Gasteiger partial charge in [0, 0.05) is 32.0 Å². The number of hydrogen-bond acceptors (Lipinski definition) is 8. The fraction of sp³-hybridized carbons (Fsp3) is 0.519. The molecule has 2 aliphatic heterocycles. The Balaban J connectivity index is 1.47. The average Bonchev–Trinajstić information content (AvgIpc) is 3.30. The first-order valence-electron chi connectivity index (χ1n) is 13.7. The summed E-state index contributed by atoms with van der Waals surface area (Å²) in [7, 11) is -3.79. The number of fused-ring (bicyclic) bond motifs is 1. The molecule has 3 aromatic rings. The molecule has 226 valence electrons. The van der Waals surface area contributed by atoms with Crippen molar-refractivity contribution in [1.29, 1.82) is 0 Å². The second-order valence-electron chi connectivity index (χ2n) is 10.9. The van der Waals surface area contributed by atoms with Gasteiger partial charge in [-0.3, -0.25) is 9.36 Å². The maximum absolute atomic E-state index is 14.3. The molecule has 6 rings (SSSR count). The van der Waals surface area contributed by atoms with Gasteiger partial charge in [0.05, 0.1) is 22.4 Å². The van der Waals surface area contributed by atoms with Gasteiger partial charge in [-0.2, -0.15) is 0 Å². The van der Waals surface area contributed by atoms with Crippen LogP contribution in [-0.4, -0.2) is 54.3 Å². The molecule has 15 heteroatoms. The minimum atomic E-state index is -3.79. The molecule has 1 amide bonds. The lowest BCUT2D eigenvalue weighted by Gasteiger charge is -2.25. The predicted molar refractivity (Wildman–Crippen MR) is 144 cm³/mol. The molecular weight excluding hydrogens is 582 g/mol. The van der Waals surface area contributed by atoms with Crippen molar-refractivity contribution in [3.05, 3.63) is 35.7 Å². The number of anilines is 3. The van der Waals surface area contributed by atoms with Gasteiger partial charge in [-0.1, -0.05) is 6.07 Å². The molecule has 3 atom stereocenters. The largest absolute Gasteiger partial charge is 0.374 e. The number of sulfone groups is 1. The number of alkyl halides is 4. The van der Waals surface area contributed by atoms with E-state index in [4.69, 9.17) is 9.47 Å². The molecular formula is C27H29F4N5O5S. The third-order valence-corrected chi connectivity index (χ3v) is 8.82. The van der Waals surface area contributed by atoms with Gasteiger partial charge in [0.2, 0.25) is 5.91 Å². The van der Waals surface area contributed by atoms with Gasteiger partial charge < -0.3 is 20.1 Å². The first-order chi connectivity index (χ1) is 19.9. The van der Waals surface area contributed by atoms with Crippen molar-refractivity contribution < 1.29 is 40.2 Å². The van der Waals surface area contributed by atoms with Crippen LogP contribution < -0.4 is 10.6 Å². The molecule has 42 heavy (non-hydrogen) atoms. The standard InChI is InChI=1S/C27H29F4N5O5S/c1-42(38,39)19-11-14(18-5-4-10-40-18)7-8-16(19)32-17-12-20(34-26(37)15-13-27(15,30)31)33-24-22(17)35-25(23(28)29)36(24)21-6-2-3-9-41-21/h7-8,11-12,15,18,21,23H,2-6,9-10,13H2,1H3,(H2,32,33,34,37)/t15?,18-,21?/m0/s1. The smallest absolute Gasteiger partial charge is 0.295 e. The topological polar surface area (TPSA) is 124 Å². The average molecular weight is 612 g/mol. The van der Waals surface area contributed by atoms with E-state index in [9.17, 15) is 30.8 Å². The zero-order chi connectivity index (χ0) is 29.8. The van der Waals surface area contributed by atoms with E-state index in [2.05, 4.69) is 20.6 Å². The van der Waals surface area contributed by atoms with Crippen LogP contribution in [0.15, 0.2) is 29.2 Å². The normalized spacial score (nSPS) is 23.8. The molecule has 1 saturated carbocycles. The molecule has 1 aromatic carbocycles. The van der Waals surface area contributed by atoms with E-state index in [1.54, 1.807) is 6.07 Å². The van der Waals surface area contributed by atoms with Crippen LogP contribution in [0.4, 0.5) is 34.8 Å². The summed E-state index contributed by atoms with van der Waals surface area (Å²) >= 11 is 0. The van der Waals surface area contributed by atoms with Gasteiger partial charge in [0.25, 0.3) is 12.3 Å². The number of halogens is 4. The predicted octanol–water partition coefficient (Wildman–Crippen LogP) is 5.66. The van der Waals surface area contributed by atoms with Gasteiger partial charge in [0.1, 0.15) is 23.5 Å². The minimum Gasteiger partial charge on any atom is -0.374 e. The van der Waals surface area contributed by atoms with E-state index >= 15 is 0 Å². The summed E-state index contributed by atoms with van der Waals surface area (Å²) in [4.78, 5) is 21.0. The molecule has 1 aliphatic carbocycles. The third-order valence-electron chi connectivity index (χ3n) is 7.68. The molecule has 0 bridgehead atoms. The highest BCUT2D eigenvalue weighted by Crippen LogP contribution is 2.49. The molecule has 4 heterocycles. The lowest BCUT2D eigenvalue weighted by Crippen LogP contribution is -2.21. The van der Waals surface area contributed by atoms with E-state index in [-0.39, 0.29) is 39.4 Å². The van der Waals surface area contributed by atoms with Crippen LogP contribution >= 0.6 is 0 Å². The lowest BCUT2D eigenvalue weighted by atomic mass is 10.1. The number of nitrogens with one attached hydrogen (secondary N) is 2. The number of rotatable bonds is 8. The number of amides is 1. The fourth-order valence-corrected chi connectivity index (χ4v) is 6.32. The summed E-state index contributed by atoms with van der Waals surface area (Å²) in [5.41, 5.74) is 0.744. The Morgan fingerprint density at radius 1 is 1.07 bits per heavy atom. The van der Waals surface area contributed by atoms with Crippen molar-refractivity contribution in [3.8, 4) is 0 Å². The fourth-order valence-electron chi connectivity index (χ4n) is 5.45. The van der Waals surface area contributed by atoms with Crippen molar-refractivity contribution in [1.82, 2.24) is 14.5 Å². The van der Waals surface area contributed by atoms with E-state index in [1.165, 1.54) is 18.2 Å². The Kier molecular flexibility index (Phi) is 7.38. The van der Waals surface area contributed by atoms with Crippen molar-refractivity contribution in [2.75, 3.05) is 30.1 Å². The van der Waals surface area contributed by atoms with Gasteiger partial charge >= 0.3 is 0 Å². The van der Waals surface area contributed by atoms with Crippen molar-refractivity contribution in [2.24, 2.45) is 5.92 Å². The lowest BCUT2D eigenvalue weighted by molar-refractivity contribution is -0.119. The Hall–Kier alpha value is -3.30. The molecule has 0 radical (unpaired) electrons. The van der Waals surface area contributed by atoms with E-state index < -0.39 is 52.5 Å². The summed E-state index contributed by atoms with van der Waals surface area (Å²) in [6.07, 6.45) is -0.207. The number of benzene rings is 1. The summed E-state index contributed by atoms with van der Waals surface area (Å²) in [5, 5.41) is 5.34. The van der Waals surface area contributed by atoms with Crippen molar-refractivity contribution >= 4 is 44.1 Å². The monoisotopic (exact) mass is 611 g/mol. The minimum absolute atomic E-state index is 0.0307. The van der Waals surface area contributed by atoms with E-state index in [0.717, 1.165) is 30.1 Å². The zero-order valence-electron chi connectivity index (χ0n) is 22.6. The summed E-state index contributed by atoms with van der Waals surface area (Å²) in [6, 6.07) is 6.01. The van der Waals surface area contributed by atoms with Crippen LogP contribution in [0.3, 0.4) is 0 Å². The first-order valence-corrected chi connectivity index (χ1v) is 15.6. The number of ether oxygens (including phenoxy) is 2. The van der Waals surface area contributed by atoms with E-state index in [0.29, 0.717) is 31.6 Å². The van der Waals surface area contributed by atoms with Crippen LogP contribution in [0, 0.1) is 5.92 Å². The van der Waals surface area contributed by atoms with Gasteiger partial charge in [-0.15, -0.1) is 0 Å². The number of imidazole rings is 1. The molecule has 2 unspecified atom stereocenters. The Labute approximate surface area is 238 Å². The molecule has 2 N–H and O–H groups in total. The number of carbonyl (C=O) groups is 1. The van der Waals surface area contributed by atoms with Crippen LogP contribution in [0.2, 0.25) is 0 Å². The Morgan fingerprint density at radius 2 is 1.83 bits per heavy atom. The third kappa shape index (κ3) is 5.56. The highest BCUT2D eigenvalue weighted by atomic mass is 32.2. The van der Waals surface area contributed by atoms with Crippen LogP contribution in [0.1, 0.15) is 68.7 Å². The molecule has 0 spiro atoms.